The van der Waals surface area contributed by atoms with E-state index in [-0.39, 0.29) is 20.1 Å². The van der Waals surface area contributed by atoms with E-state index in [1.165, 1.54) is 33.0 Å². The van der Waals surface area contributed by atoms with Crippen molar-refractivity contribution in [2.75, 3.05) is 0 Å². The molecular weight excluding hydrogens is 717 g/mol. The summed E-state index contributed by atoms with van der Waals surface area (Å²) in [6.45, 7) is 18.3. The van der Waals surface area contributed by atoms with Gasteiger partial charge in [-0.1, -0.05) is 89.3 Å². The van der Waals surface area contributed by atoms with Gasteiger partial charge in [-0.15, -0.1) is 71.8 Å². The molecule has 0 unspecified atom stereocenters. The molecule has 0 amide bonds. The number of aromatic nitrogens is 2. The summed E-state index contributed by atoms with van der Waals surface area (Å²) in [7, 11) is -1.34. The standard InChI is InChI=1S/C21H20N.C18H24NSi.Ir/c1-15(2)17-9-11-18(12-10-17)20-13-21(22-14-16(20)3)19-7-5-4-6-8-19;1-14(2)11-16-12-17(15-9-7-6-8-10-15)19-13-18(16)20(3,4)5;/h4-7,9-15H,1-3H3;6-9,12-14H,11H2,1-5H3;/q2*-1;. The van der Waals surface area contributed by atoms with Crippen molar-refractivity contribution in [3.8, 4) is 33.6 Å². The minimum Gasteiger partial charge on any atom is -0.305 e. The molecule has 0 saturated heterocycles. The van der Waals surface area contributed by atoms with Gasteiger partial charge in [-0.05, 0) is 64.0 Å². The Morgan fingerprint density at radius 3 is 1.77 bits per heavy atom. The first kappa shape index (κ1) is 34.3. The zero-order chi connectivity index (χ0) is 30.3. The van der Waals surface area contributed by atoms with E-state index in [9.17, 15) is 0 Å². The Bertz CT molecular complexity index is 1570. The van der Waals surface area contributed by atoms with Crippen LogP contribution in [0.2, 0.25) is 19.6 Å². The minimum absolute atomic E-state index is 0. The molecule has 2 nitrogen and oxygen atoms in total. The van der Waals surface area contributed by atoms with Gasteiger partial charge in [0.2, 0.25) is 0 Å². The summed E-state index contributed by atoms with van der Waals surface area (Å²) >= 11 is 0. The van der Waals surface area contributed by atoms with Crippen molar-refractivity contribution < 1.29 is 20.1 Å². The molecule has 0 atom stereocenters. The maximum atomic E-state index is 4.69. The summed E-state index contributed by atoms with van der Waals surface area (Å²) in [5.74, 6) is 1.22. The minimum atomic E-state index is -1.34. The van der Waals surface area contributed by atoms with Gasteiger partial charge in [-0.25, -0.2) is 0 Å². The van der Waals surface area contributed by atoms with Gasteiger partial charge in [0.05, 0.1) is 8.07 Å². The number of hydrogen-bond acceptors (Lipinski definition) is 2. The molecule has 5 rings (SSSR count). The monoisotopic (exact) mass is 761 g/mol. The Labute approximate surface area is 274 Å². The number of hydrogen-bond donors (Lipinski definition) is 0. The van der Waals surface area contributed by atoms with Crippen LogP contribution in [0.15, 0.2) is 97.3 Å². The number of pyridine rings is 2. The molecule has 4 heteroatoms. The van der Waals surface area contributed by atoms with Crippen molar-refractivity contribution in [3.05, 3.63) is 126 Å². The van der Waals surface area contributed by atoms with Crippen LogP contribution >= 0.6 is 0 Å². The summed E-state index contributed by atoms with van der Waals surface area (Å²) < 4.78 is 0. The van der Waals surface area contributed by atoms with Crippen LogP contribution in [0.5, 0.6) is 0 Å². The van der Waals surface area contributed by atoms with E-state index in [1.54, 1.807) is 0 Å². The quantitative estimate of drug-likeness (QED) is 0.122. The molecule has 0 aliphatic rings. The second-order valence-corrected chi connectivity index (χ2v) is 17.8. The van der Waals surface area contributed by atoms with Crippen LogP contribution in [0, 0.1) is 25.0 Å². The molecule has 2 aromatic heterocycles. The van der Waals surface area contributed by atoms with E-state index in [0.717, 1.165) is 28.9 Å². The van der Waals surface area contributed by atoms with Crippen molar-refractivity contribution in [2.45, 2.75) is 66.6 Å². The molecule has 1 radical (unpaired) electrons. The number of aryl methyl sites for hydroxylation is 1. The van der Waals surface area contributed by atoms with Crippen LogP contribution in [0.3, 0.4) is 0 Å². The van der Waals surface area contributed by atoms with Crippen LogP contribution in [-0.2, 0) is 26.5 Å². The summed E-state index contributed by atoms with van der Waals surface area (Å²) in [6.07, 6.45) is 5.18. The second-order valence-electron chi connectivity index (χ2n) is 12.8. The molecule has 2 heterocycles. The predicted octanol–water partition coefficient (Wildman–Crippen LogP) is 9.94. The molecular formula is C39H44IrN2Si-2. The average molecular weight is 761 g/mol. The first-order valence-electron chi connectivity index (χ1n) is 15.0. The van der Waals surface area contributed by atoms with Crippen LogP contribution < -0.4 is 5.19 Å². The van der Waals surface area contributed by atoms with Crippen molar-refractivity contribution in [1.29, 1.82) is 0 Å². The number of rotatable bonds is 7. The van der Waals surface area contributed by atoms with Crippen LogP contribution in [0.1, 0.15) is 50.3 Å². The van der Waals surface area contributed by atoms with Gasteiger partial charge >= 0.3 is 0 Å². The smallest absolute Gasteiger partial charge is 0.0798 e. The van der Waals surface area contributed by atoms with Crippen LogP contribution in [0.25, 0.3) is 33.6 Å². The third kappa shape index (κ3) is 9.40. The zero-order valence-electron chi connectivity index (χ0n) is 26.8. The summed E-state index contributed by atoms with van der Waals surface area (Å²) in [4.78, 5) is 9.24. The molecule has 0 aliphatic heterocycles. The fraction of sp³-hybridized carbons (Fsp3) is 0.282. The summed E-state index contributed by atoms with van der Waals surface area (Å²) in [6, 6.07) is 35.8. The topological polar surface area (TPSA) is 25.8 Å². The maximum absolute atomic E-state index is 4.69. The maximum Gasteiger partial charge on any atom is 0.0798 e. The SMILES string of the molecule is CC(C)Cc1cc(-c2[c-]cccc2)ncc1[Si](C)(C)C.Cc1cnc(-c2[c-]cccc2)cc1-c1ccc(C(C)C)cc1.[Ir]. The van der Waals surface area contributed by atoms with E-state index < -0.39 is 8.07 Å². The molecule has 0 fully saturated rings. The van der Waals surface area contributed by atoms with Gasteiger partial charge in [0.25, 0.3) is 0 Å². The van der Waals surface area contributed by atoms with Crippen molar-refractivity contribution >= 4 is 13.3 Å². The zero-order valence-corrected chi connectivity index (χ0v) is 30.2. The Morgan fingerprint density at radius 1 is 0.721 bits per heavy atom. The molecule has 0 spiro atoms. The van der Waals surface area contributed by atoms with Gasteiger partial charge in [0, 0.05) is 32.5 Å². The Hall–Kier alpha value is -3.17. The Kier molecular flexibility index (Phi) is 12.4. The van der Waals surface area contributed by atoms with E-state index in [1.807, 2.05) is 48.7 Å². The second kappa shape index (κ2) is 15.5. The molecule has 0 aliphatic carbocycles. The third-order valence-corrected chi connectivity index (χ3v) is 9.45. The molecule has 0 saturated carbocycles. The van der Waals surface area contributed by atoms with Crippen LogP contribution in [0.4, 0.5) is 0 Å². The van der Waals surface area contributed by atoms with Crippen molar-refractivity contribution in [3.63, 3.8) is 0 Å². The Balaban J connectivity index is 0.000000231. The molecule has 225 valence electrons. The van der Waals surface area contributed by atoms with Crippen LogP contribution in [-0.4, -0.2) is 18.0 Å². The van der Waals surface area contributed by atoms with Gasteiger partial charge in [-0.2, -0.15) is 0 Å². The molecule has 43 heavy (non-hydrogen) atoms. The fourth-order valence-electron chi connectivity index (χ4n) is 5.06. The van der Waals surface area contributed by atoms with Gasteiger partial charge < -0.3 is 9.97 Å². The van der Waals surface area contributed by atoms with Crippen molar-refractivity contribution in [1.82, 2.24) is 9.97 Å². The first-order chi connectivity index (χ1) is 20.0. The summed E-state index contributed by atoms with van der Waals surface area (Å²) in [5.41, 5.74) is 10.6. The fourth-order valence-corrected chi connectivity index (χ4v) is 6.65. The first-order valence-corrected chi connectivity index (χ1v) is 18.5. The number of benzene rings is 3. The molecule has 0 bridgehead atoms. The predicted molar refractivity (Wildman–Crippen MR) is 183 cm³/mol. The van der Waals surface area contributed by atoms with Gasteiger partial charge in [-0.3, -0.25) is 0 Å². The van der Waals surface area contributed by atoms with Gasteiger partial charge in [0.1, 0.15) is 0 Å². The van der Waals surface area contributed by atoms with Crippen molar-refractivity contribution in [2.24, 2.45) is 5.92 Å². The normalized spacial score (nSPS) is 11.1. The Morgan fingerprint density at radius 2 is 1.28 bits per heavy atom. The average Bonchev–Trinajstić information content (AvgIpc) is 2.98. The van der Waals surface area contributed by atoms with Gasteiger partial charge in [0.15, 0.2) is 0 Å². The van der Waals surface area contributed by atoms with E-state index in [4.69, 9.17) is 0 Å². The molecule has 3 aromatic carbocycles. The number of nitrogens with zero attached hydrogens (tertiary/aromatic N) is 2. The molecule has 5 aromatic rings. The van der Waals surface area contributed by atoms with E-state index in [2.05, 4.69) is 125 Å². The van der Waals surface area contributed by atoms with E-state index in [0.29, 0.717) is 11.8 Å². The van der Waals surface area contributed by atoms with E-state index >= 15 is 0 Å². The third-order valence-electron chi connectivity index (χ3n) is 7.39. The largest absolute Gasteiger partial charge is 0.305 e. The molecule has 0 N–H and O–H groups in total. The summed E-state index contributed by atoms with van der Waals surface area (Å²) in [5, 5.41) is 1.49.